The third kappa shape index (κ3) is 4.23. The van der Waals surface area contributed by atoms with Gasteiger partial charge in [0.15, 0.2) is 0 Å². The number of benzene rings is 1. The molecule has 3 unspecified atom stereocenters. The zero-order valence-corrected chi connectivity index (χ0v) is 11.9. The zero-order valence-electron chi connectivity index (χ0n) is 11.9. The van der Waals surface area contributed by atoms with Crippen molar-refractivity contribution in [1.82, 2.24) is 5.32 Å². The Labute approximate surface area is 124 Å². The molecule has 2 rings (SSSR count). The molecule has 1 fully saturated rings. The standard InChI is InChI=1S/C15H22N2O4/c18-10-12-3-1-2-4-14(12)16-9-15(19)11-5-7-13(8-6-11)17(20)21/h5-8,12,14-16,18-19H,1-4,9-10H2. The van der Waals surface area contributed by atoms with Gasteiger partial charge in [-0.25, -0.2) is 0 Å². The Morgan fingerprint density at radius 1 is 1.29 bits per heavy atom. The third-order valence-corrected chi connectivity index (χ3v) is 4.21. The van der Waals surface area contributed by atoms with Crippen LogP contribution in [0.25, 0.3) is 0 Å². The average Bonchev–Trinajstić information content (AvgIpc) is 2.52. The Bertz CT molecular complexity index is 463. The first-order valence-corrected chi connectivity index (χ1v) is 7.38. The SMILES string of the molecule is O=[N+]([O-])c1ccc(C(O)CNC2CCCCC2CO)cc1. The van der Waals surface area contributed by atoms with Crippen molar-refractivity contribution in [3.05, 3.63) is 39.9 Å². The minimum atomic E-state index is -0.702. The molecule has 0 saturated heterocycles. The van der Waals surface area contributed by atoms with Gasteiger partial charge in [0.2, 0.25) is 0 Å². The summed E-state index contributed by atoms with van der Waals surface area (Å²) in [5, 5.41) is 33.4. The van der Waals surface area contributed by atoms with Crippen molar-refractivity contribution in [3.8, 4) is 0 Å². The van der Waals surface area contributed by atoms with Crippen LogP contribution in [0.2, 0.25) is 0 Å². The molecular formula is C15H22N2O4. The quantitative estimate of drug-likeness (QED) is 0.549. The van der Waals surface area contributed by atoms with E-state index in [1.165, 1.54) is 12.1 Å². The molecule has 3 atom stereocenters. The molecule has 0 heterocycles. The summed E-state index contributed by atoms with van der Waals surface area (Å²) in [6.45, 7) is 0.560. The maximum atomic E-state index is 10.6. The lowest BCUT2D eigenvalue weighted by Gasteiger charge is -2.31. The normalized spacial score (nSPS) is 23.7. The third-order valence-electron chi connectivity index (χ3n) is 4.21. The van der Waals surface area contributed by atoms with Gasteiger partial charge >= 0.3 is 0 Å². The number of aliphatic hydroxyl groups excluding tert-OH is 2. The molecule has 116 valence electrons. The van der Waals surface area contributed by atoms with E-state index in [4.69, 9.17) is 0 Å². The summed E-state index contributed by atoms with van der Waals surface area (Å²) in [5.41, 5.74) is 0.677. The summed E-state index contributed by atoms with van der Waals surface area (Å²) < 4.78 is 0. The molecule has 0 aromatic heterocycles. The van der Waals surface area contributed by atoms with Crippen molar-refractivity contribution in [2.75, 3.05) is 13.2 Å². The maximum Gasteiger partial charge on any atom is 0.269 e. The van der Waals surface area contributed by atoms with Crippen molar-refractivity contribution in [1.29, 1.82) is 0 Å². The van der Waals surface area contributed by atoms with E-state index in [2.05, 4.69) is 5.32 Å². The van der Waals surface area contributed by atoms with Crippen LogP contribution in [0.1, 0.15) is 37.4 Å². The van der Waals surface area contributed by atoms with Crippen LogP contribution >= 0.6 is 0 Å². The summed E-state index contributed by atoms with van der Waals surface area (Å²) >= 11 is 0. The Morgan fingerprint density at radius 2 is 1.95 bits per heavy atom. The van der Waals surface area contributed by atoms with Crippen LogP contribution < -0.4 is 5.32 Å². The van der Waals surface area contributed by atoms with Gasteiger partial charge in [0.05, 0.1) is 11.0 Å². The molecule has 0 aliphatic heterocycles. The minimum Gasteiger partial charge on any atom is -0.396 e. The Kier molecular flexibility index (Phi) is 5.67. The highest BCUT2D eigenvalue weighted by atomic mass is 16.6. The van der Waals surface area contributed by atoms with Gasteiger partial charge in [-0.1, -0.05) is 12.8 Å². The van der Waals surface area contributed by atoms with Crippen LogP contribution in [-0.4, -0.2) is 34.3 Å². The first-order valence-electron chi connectivity index (χ1n) is 7.38. The molecule has 1 aromatic carbocycles. The topological polar surface area (TPSA) is 95.6 Å². The smallest absolute Gasteiger partial charge is 0.269 e. The van der Waals surface area contributed by atoms with Crippen molar-refractivity contribution < 1.29 is 15.1 Å². The molecular weight excluding hydrogens is 272 g/mol. The molecule has 0 spiro atoms. The van der Waals surface area contributed by atoms with E-state index in [1.54, 1.807) is 12.1 Å². The first kappa shape index (κ1) is 15.9. The molecule has 1 aliphatic rings. The number of nitrogens with zero attached hydrogens (tertiary/aromatic N) is 1. The lowest BCUT2D eigenvalue weighted by Crippen LogP contribution is -2.41. The molecule has 1 aromatic rings. The predicted octanol–water partition coefficient (Wildman–Crippen LogP) is 1.77. The number of nitro groups is 1. The Balaban J connectivity index is 1.88. The molecule has 1 aliphatic carbocycles. The van der Waals surface area contributed by atoms with E-state index in [0.717, 1.165) is 25.7 Å². The highest BCUT2D eigenvalue weighted by Crippen LogP contribution is 2.24. The number of nitrogens with one attached hydrogen (secondary N) is 1. The summed E-state index contributed by atoms with van der Waals surface area (Å²) in [5.74, 6) is 0.253. The molecule has 0 amide bonds. The lowest BCUT2D eigenvalue weighted by atomic mass is 9.85. The molecule has 6 nitrogen and oxygen atoms in total. The van der Waals surface area contributed by atoms with E-state index in [-0.39, 0.29) is 24.3 Å². The van der Waals surface area contributed by atoms with E-state index < -0.39 is 11.0 Å². The van der Waals surface area contributed by atoms with Crippen LogP contribution in [0.15, 0.2) is 24.3 Å². The fourth-order valence-electron chi connectivity index (χ4n) is 2.89. The molecule has 3 N–H and O–H groups in total. The van der Waals surface area contributed by atoms with Gasteiger partial charge in [-0.05, 0) is 36.5 Å². The number of non-ortho nitro benzene ring substituents is 1. The Hall–Kier alpha value is -1.50. The second-order valence-corrected chi connectivity index (χ2v) is 5.61. The van der Waals surface area contributed by atoms with Gasteiger partial charge in [-0.2, -0.15) is 0 Å². The van der Waals surface area contributed by atoms with Crippen LogP contribution in [0.5, 0.6) is 0 Å². The predicted molar refractivity (Wildman–Crippen MR) is 78.9 cm³/mol. The second kappa shape index (κ2) is 7.49. The van der Waals surface area contributed by atoms with E-state index >= 15 is 0 Å². The lowest BCUT2D eigenvalue weighted by molar-refractivity contribution is -0.384. The van der Waals surface area contributed by atoms with Crippen molar-refractivity contribution in [3.63, 3.8) is 0 Å². The number of hydrogen-bond donors (Lipinski definition) is 3. The fraction of sp³-hybridized carbons (Fsp3) is 0.600. The van der Waals surface area contributed by atoms with Gasteiger partial charge in [0.1, 0.15) is 0 Å². The Morgan fingerprint density at radius 3 is 2.57 bits per heavy atom. The first-order chi connectivity index (χ1) is 10.1. The van der Waals surface area contributed by atoms with Crippen molar-refractivity contribution >= 4 is 5.69 Å². The highest BCUT2D eigenvalue weighted by Gasteiger charge is 2.24. The summed E-state index contributed by atoms with van der Waals surface area (Å²) in [6.07, 6.45) is 3.61. The van der Waals surface area contributed by atoms with Gasteiger partial charge in [0, 0.05) is 31.3 Å². The molecule has 1 saturated carbocycles. The van der Waals surface area contributed by atoms with E-state index in [0.29, 0.717) is 12.1 Å². The van der Waals surface area contributed by atoms with E-state index in [9.17, 15) is 20.3 Å². The van der Waals surface area contributed by atoms with Crippen LogP contribution in [0, 0.1) is 16.0 Å². The number of hydrogen-bond acceptors (Lipinski definition) is 5. The molecule has 0 bridgehead atoms. The molecule has 6 heteroatoms. The van der Waals surface area contributed by atoms with Gasteiger partial charge in [0.25, 0.3) is 5.69 Å². The number of nitro benzene ring substituents is 1. The second-order valence-electron chi connectivity index (χ2n) is 5.61. The van der Waals surface area contributed by atoms with Crippen molar-refractivity contribution in [2.45, 2.75) is 37.8 Å². The van der Waals surface area contributed by atoms with Crippen LogP contribution in [-0.2, 0) is 0 Å². The van der Waals surface area contributed by atoms with Crippen LogP contribution in [0.4, 0.5) is 5.69 Å². The summed E-state index contributed by atoms with van der Waals surface area (Å²) in [6, 6.07) is 6.19. The van der Waals surface area contributed by atoms with Gasteiger partial charge in [-0.15, -0.1) is 0 Å². The minimum absolute atomic E-state index is 0.0199. The monoisotopic (exact) mass is 294 g/mol. The van der Waals surface area contributed by atoms with Gasteiger partial charge < -0.3 is 15.5 Å². The number of aliphatic hydroxyl groups is 2. The molecule has 21 heavy (non-hydrogen) atoms. The fourth-order valence-corrected chi connectivity index (χ4v) is 2.89. The molecule has 0 radical (unpaired) electrons. The summed E-state index contributed by atoms with van der Waals surface area (Å²) in [4.78, 5) is 10.1. The number of rotatable bonds is 6. The van der Waals surface area contributed by atoms with E-state index in [1.807, 2.05) is 0 Å². The largest absolute Gasteiger partial charge is 0.396 e. The highest BCUT2D eigenvalue weighted by molar-refractivity contribution is 5.33. The van der Waals surface area contributed by atoms with Gasteiger partial charge in [-0.3, -0.25) is 10.1 Å². The zero-order chi connectivity index (χ0) is 15.2. The van der Waals surface area contributed by atoms with Crippen molar-refractivity contribution in [2.24, 2.45) is 5.92 Å². The average molecular weight is 294 g/mol. The van der Waals surface area contributed by atoms with Crippen LogP contribution in [0.3, 0.4) is 0 Å². The summed E-state index contributed by atoms with van der Waals surface area (Å²) in [7, 11) is 0. The maximum absolute atomic E-state index is 10.6.